The fraction of sp³-hybridized carbons (Fsp3) is 0.100. The first-order valence-corrected chi connectivity index (χ1v) is 5.87. The van der Waals surface area contributed by atoms with Crippen molar-refractivity contribution in [2.24, 2.45) is 0 Å². The number of benzene rings is 1. The highest BCUT2D eigenvalue weighted by molar-refractivity contribution is 14.1. The summed E-state index contributed by atoms with van der Waals surface area (Å²) in [6.45, 7) is 0.476. The van der Waals surface area contributed by atoms with E-state index in [0.29, 0.717) is 17.3 Å². The Morgan fingerprint density at radius 2 is 2.07 bits per heavy atom. The summed E-state index contributed by atoms with van der Waals surface area (Å²) in [7, 11) is 0. The molecule has 0 atom stereocenters. The molecule has 1 heterocycles. The van der Waals surface area contributed by atoms with E-state index in [1.54, 1.807) is 33.2 Å². The zero-order chi connectivity index (χ0) is 10.8. The molecule has 1 amide bonds. The van der Waals surface area contributed by atoms with E-state index >= 15 is 0 Å². The van der Waals surface area contributed by atoms with Gasteiger partial charge in [0.1, 0.15) is 5.76 Å². The summed E-state index contributed by atoms with van der Waals surface area (Å²) in [5.41, 5.74) is 0.789. The van der Waals surface area contributed by atoms with Crippen molar-refractivity contribution in [3.63, 3.8) is 0 Å². The number of amides is 1. The number of carbonyl (C=O) groups excluding carboxylic acids is 1. The van der Waals surface area contributed by atoms with Gasteiger partial charge in [0, 0.05) is 14.8 Å². The molecule has 0 radical (unpaired) electrons. The second-order valence-electron chi connectivity index (χ2n) is 3.01. The summed E-state index contributed by atoms with van der Waals surface area (Å²) < 4.78 is 6.77. The average molecular weight is 336 g/mol. The average Bonchev–Trinajstić information content (AvgIpc) is 2.61. The van der Waals surface area contributed by atoms with Gasteiger partial charge in [0.2, 0.25) is 0 Å². The van der Waals surface area contributed by atoms with Gasteiger partial charge in [-0.1, -0.05) is 11.6 Å². The molecule has 1 fully saturated rings. The van der Waals surface area contributed by atoms with Crippen molar-refractivity contribution in [2.75, 3.05) is 11.4 Å². The van der Waals surface area contributed by atoms with E-state index in [1.807, 2.05) is 22.6 Å². The van der Waals surface area contributed by atoms with E-state index in [4.69, 9.17) is 16.3 Å². The molecule has 0 aromatic heterocycles. The van der Waals surface area contributed by atoms with Crippen LogP contribution in [0.15, 0.2) is 34.1 Å². The molecule has 0 saturated carbocycles. The fourth-order valence-corrected chi connectivity index (χ4v) is 1.74. The summed E-state index contributed by atoms with van der Waals surface area (Å²) in [4.78, 5) is 13.0. The largest absolute Gasteiger partial charge is 0.419 e. The van der Waals surface area contributed by atoms with Crippen molar-refractivity contribution in [1.82, 2.24) is 0 Å². The lowest BCUT2D eigenvalue weighted by Crippen LogP contribution is -2.22. The summed E-state index contributed by atoms with van der Waals surface area (Å²) in [6.07, 6.45) is -0.347. The fourth-order valence-electron chi connectivity index (χ4n) is 1.29. The van der Waals surface area contributed by atoms with Gasteiger partial charge in [-0.25, -0.2) is 4.79 Å². The molecule has 1 saturated heterocycles. The smallest absolute Gasteiger partial charge is 0.412 e. The van der Waals surface area contributed by atoms with Crippen LogP contribution in [0.1, 0.15) is 0 Å². The third kappa shape index (κ3) is 2.26. The summed E-state index contributed by atoms with van der Waals surface area (Å²) in [5.74, 6) is 0.663. The van der Waals surface area contributed by atoms with E-state index in [2.05, 4.69) is 0 Å². The Kier molecular flexibility index (Phi) is 3.16. The Balaban J connectivity index is 2.25. The molecule has 78 valence electrons. The third-order valence-electron chi connectivity index (χ3n) is 2.01. The molecule has 0 aliphatic carbocycles. The summed E-state index contributed by atoms with van der Waals surface area (Å²) >= 11 is 7.81. The van der Waals surface area contributed by atoms with Gasteiger partial charge in [-0.3, -0.25) is 4.90 Å². The van der Waals surface area contributed by atoms with Crippen LogP contribution in [0, 0.1) is 0 Å². The Labute approximate surface area is 106 Å². The zero-order valence-corrected chi connectivity index (χ0v) is 10.5. The maximum absolute atomic E-state index is 11.5. The first-order valence-electron chi connectivity index (χ1n) is 4.25. The first kappa shape index (κ1) is 10.8. The van der Waals surface area contributed by atoms with Crippen LogP contribution in [-0.4, -0.2) is 12.6 Å². The third-order valence-corrected chi connectivity index (χ3v) is 2.96. The number of anilines is 1. The molecule has 15 heavy (non-hydrogen) atoms. The molecule has 0 N–H and O–H groups in total. The number of carbonyl (C=O) groups is 1. The Bertz CT molecular complexity index is 416. The van der Waals surface area contributed by atoms with Crippen molar-refractivity contribution < 1.29 is 9.53 Å². The van der Waals surface area contributed by atoms with Gasteiger partial charge in [0.15, 0.2) is 0 Å². The minimum atomic E-state index is -0.347. The van der Waals surface area contributed by atoms with Gasteiger partial charge in [0.05, 0.1) is 6.54 Å². The lowest BCUT2D eigenvalue weighted by atomic mass is 10.3. The van der Waals surface area contributed by atoms with E-state index in [1.165, 1.54) is 0 Å². The maximum atomic E-state index is 11.5. The first-order chi connectivity index (χ1) is 7.20. The van der Waals surface area contributed by atoms with Crippen LogP contribution in [0.3, 0.4) is 0 Å². The van der Waals surface area contributed by atoms with Crippen molar-refractivity contribution in [2.45, 2.75) is 0 Å². The molecule has 1 aromatic rings. The Morgan fingerprint density at radius 1 is 1.40 bits per heavy atom. The van der Waals surface area contributed by atoms with Crippen LogP contribution in [0.5, 0.6) is 0 Å². The lowest BCUT2D eigenvalue weighted by Gasteiger charge is -2.11. The van der Waals surface area contributed by atoms with Crippen LogP contribution in [0.2, 0.25) is 5.02 Å². The number of hydrogen-bond acceptors (Lipinski definition) is 2. The molecule has 5 heteroatoms. The van der Waals surface area contributed by atoms with E-state index in [0.717, 1.165) is 5.69 Å². The van der Waals surface area contributed by atoms with E-state index in [-0.39, 0.29) is 6.09 Å². The molecular weight excluding hydrogens is 328 g/mol. The lowest BCUT2D eigenvalue weighted by molar-refractivity contribution is 0.199. The minimum Gasteiger partial charge on any atom is -0.412 e. The number of hydrogen-bond donors (Lipinski definition) is 0. The Morgan fingerprint density at radius 3 is 2.60 bits per heavy atom. The van der Waals surface area contributed by atoms with E-state index < -0.39 is 0 Å². The quantitative estimate of drug-likeness (QED) is 0.734. The van der Waals surface area contributed by atoms with Gasteiger partial charge in [0.25, 0.3) is 0 Å². The van der Waals surface area contributed by atoms with Crippen molar-refractivity contribution >= 4 is 46.0 Å². The van der Waals surface area contributed by atoms with Crippen LogP contribution >= 0.6 is 34.2 Å². The highest BCUT2D eigenvalue weighted by atomic mass is 127. The molecule has 0 bridgehead atoms. The standard InChI is InChI=1S/C10H7ClINO2/c11-7-1-3-8(4-2-7)13-6-9(5-12)15-10(13)14/h1-5H,6H2/b9-5-. The summed E-state index contributed by atoms with van der Waals surface area (Å²) in [6, 6.07) is 7.07. The number of nitrogens with zero attached hydrogens (tertiary/aromatic N) is 1. The monoisotopic (exact) mass is 335 g/mol. The van der Waals surface area contributed by atoms with Crippen molar-refractivity contribution in [1.29, 1.82) is 0 Å². The predicted octanol–water partition coefficient (Wildman–Crippen LogP) is 3.57. The normalized spacial score (nSPS) is 18.4. The van der Waals surface area contributed by atoms with Crippen LogP contribution < -0.4 is 4.90 Å². The zero-order valence-electron chi connectivity index (χ0n) is 7.61. The molecule has 1 aliphatic heterocycles. The van der Waals surface area contributed by atoms with Gasteiger partial charge >= 0.3 is 6.09 Å². The molecular formula is C10H7ClINO2. The van der Waals surface area contributed by atoms with Crippen LogP contribution in [0.4, 0.5) is 10.5 Å². The highest BCUT2D eigenvalue weighted by Gasteiger charge is 2.27. The van der Waals surface area contributed by atoms with E-state index in [9.17, 15) is 4.79 Å². The predicted molar refractivity (Wildman–Crippen MR) is 67.4 cm³/mol. The van der Waals surface area contributed by atoms with Gasteiger partial charge < -0.3 is 4.74 Å². The molecule has 2 rings (SSSR count). The number of cyclic esters (lactones) is 1. The van der Waals surface area contributed by atoms with Crippen molar-refractivity contribution in [3.8, 4) is 0 Å². The molecule has 3 nitrogen and oxygen atoms in total. The molecule has 1 aromatic carbocycles. The summed E-state index contributed by atoms with van der Waals surface area (Å²) in [5, 5.41) is 0.649. The minimum absolute atomic E-state index is 0.347. The number of rotatable bonds is 1. The highest BCUT2D eigenvalue weighted by Crippen LogP contribution is 2.25. The van der Waals surface area contributed by atoms with Gasteiger partial charge in [-0.05, 0) is 46.9 Å². The second kappa shape index (κ2) is 4.40. The molecule has 1 aliphatic rings. The number of halogens is 2. The molecule has 0 unspecified atom stereocenters. The SMILES string of the molecule is O=C1O/C(=C\I)CN1c1ccc(Cl)cc1. The van der Waals surface area contributed by atoms with Gasteiger partial charge in [-0.15, -0.1) is 0 Å². The Hall–Kier alpha value is -0.750. The van der Waals surface area contributed by atoms with Crippen LogP contribution in [0.25, 0.3) is 0 Å². The maximum Gasteiger partial charge on any atom is 0.419 e. The molecule has 0 spiro atoms. The topological polar surface area (TPSA) is 29.5 Å². The van der Waals surface area contributed by atoms with Crippen LogP contribution in [-0.2, 0) is 4.74 Å². The van der Waals surface area contributed by atoms with Gasteiger partial charge in [-0.2, -0.15) is 0 Å². The second-order valence-corrected chi connectivity index (χ2v) is 4.07. The van der Waals surface area contributed by atoms with Crippen molar-refractivity contribution in [3.05, 3.63) is 39.1 Å². The number of ether oxygens (including phenoxy) is 1.